The first-order valence-electron chi connectivity index (χ1n) is 6.21. The molecule has 17 heavy (non-hydrogen) atoms. The Bertz CT molecular complexity index is 402. The first-order chi connectivity index (χ1) is 7.81. The van der Waals surface area contributed by atoms with Crippen molar-refractivity contribution in [1.82, 2.24) is 4.90 Å². The molecule has 0 aliphatic heterocycles. The van der Waals surface area contributed by atoms with Gasteiger partial charge < -0.3 is 4.90 Å². The van der Waals surface area contributed by atoms with Crippen LogP contribution in [0.1, 0.15) is 28.4 Å². The molecule has 0 saturated carbocycles. The normalized spacial score (nSPS) is 11.6. The van der Waals surface area contributed by atoms with Crippen molar-refractivity contribution in [1.29, 1.82) is 0 Å². The van der Waals surface area contributed by atoms with Crippen LogP contribution in [0.5, 0.6) is 0 Å². The third-order valence-corrected chi connectivity index (χ3v) is 6.14. The molecular weight excluding hydrogens is 246 g/mol. The SMILES string of the molecule is CCN(CC)C(=O)c1sc(C)cc1[Si](C)(C)C. The number of carbonyl (C=O) groups is 1. The molecule has 1 aromatic heterocycles. The molecular formula is C13H23NOSSi. The molecule has 0 aliphatic carbocycles. The highest BCUT2D eigenvalue weighted by atomic mass is 32.1. The van der Waals surface area contributed by atoms with Crippen LogP contribution in [0, 0.1) is 6.92 Å². The van der Waals surface area contributed by atoms with Crippen molar-refractivity contribution in [3.05, 3.63) is 15.8 Å². The molecule has 0 unspecified atom stereocenters. The lowest BCUT2D eigenvalue weighted by molar-refractivity contribution is 0.0779. The molecule has 0 saturated heterocycles. The standard InChI is InChI=1S/C13H23NOSSi/c1-7-14(8-2)13(15)12-11(17(4,5)6)9-10(3)16-12/h9H,7-8H2,1-6H3. The maximum atomic E-state index is 12.4. The van der Waals surface area contributed by atoms with E-state index in [2.05, 4.69) is 32.6 Å². The molecule has 0 atom stereocenters. The van der Waals surface area contributed by atoms with Crippen LogP contribution < -0.4 is 5.19 Å². The van der Waals surface area contributed by atoms with Crippen LogP contribution in [0.25, 0.3) is 0 Å². The molecule has 0 fully saturated rings. The van der Waals surface area contributed by atoms with Gasteiger partial charge in [0.05, 0.1) is 13.0 Å². The minimum Gasteiger partial charge on any atom is -0.339 e. The van der Waals surface area contributed by atoms with E-state index in [1.54, 1.807) is 11.3 Å². The lowest BCUT2D eigenvalue weighted by atomic mass is 10.3. The van der Waals surface area contributed by atoms with Crippen molar-refractivity contribution < 1.29 is 4.79 Å². The second kappa shape index (κ2) is 5.36. The maximum absolute atomic E-state index is 12.4. The summed E-state index contributed by atoms with van der Waals surface area (Å²) in [7, 11) is -1.43. The summed E-state index contributed by atoms with van der Waals surface area (Å²) in [5.74, 6) is 0.213. The van der Waals surface area contributed by atoms with Crippen LogP contribution in [0.15, 0.2) is 6.07 Å². The fourth-order valence-electron chi connectivity index (χ4n) is 1.88. The van der Waals surface area contributed by atoms with E-state index >= 15 is 0 Å². The van der Waals surface area contributed by atoms with Crippen molar-refractivity contribution in [2.24, 2.45) is 0 Å². The van der Waals surface area contributed by atoms with Gasteiger partial charge in [-0.2, -0.15) is 0 Å². The molecule has 0 N–H and O–H groups in total. The summed E-state index contributed by atoms with van der Waals surface area (Å²) >= 11 is 1.65. The summed E-state index contributed by atoms with van der Waals surface area (Å²) in [4.78, 5) is 16.6. The van der Waals surface area contributed by atoms with Gasteiger partial charge in [-0.25, -0.2) is 0 Å². The molecule has 1 rings (SSSR count). The Hall–Kier alpha value is -0.613. The average molecular weight is 269 g/mol. The van der Waals surface area contributed by atoms with E-state index in [9.17, 15) is 4.79 Å². The van der Waals surface area contributed by atoms with Crippen molar-refractivity contribution in [3.63, 3.8) is 0 Å². The Morgan fingerprint density at radius 2 is 1.82 bits per heavy atom. The maximum Gasteiger partial charge on any atom is 0.263 e. The second-order valence-corrected chi connectivity index (χ2v) is 11.6. The molecule has 4 heteroatoms. The highest BCUT2D eigenvalue weighted by Crippen LogP contribution is 2.19. The van der Waals surface area contributed by atoms with Gasteiger partial charge in [-0.3, -0.25) is 4.79 Å². The summed E-state index contributed by atoms with van der Waals surface area (Å²) in [5.41, 5.74) is 0. The van der Waals surface area contributed by atoms with Gasteiger partial charge in [0.25, 0.3) is 5.91 Å². The number of hydrogen-bond acceptors (Lipinski definition) is 2. The van der Waals surface area contributed by atoms with Crippen LogP contribution in [-0.4, -0.2) is 32.0 Å². The van der Waals surface area contributed by atoms with E-state index in [1.807, 2.05) is 18.7 Å². The Labute approximate surface area is 110 Å². The highest BCUT2D eigenvalue weighted by molar-refractivity contribution is 7.16. The lowest BCUT2D eigenvalue weighted by Crippen LogP contribution is -2.42. The van der Waals surface area contributed by atoms with Gasteiger partial charge >= 0.3 is 0 Å². The van der Waals surface area contributed by atoms with Gasteiger partial charge in [0.2, 0.25) is 0 Å². The van der Waals surface area contributed by atoms with Crippen LogP contribution in [-0.2, 0) is 0 Å². The molecule has 0 bridgehead atoms. The third-order valence-electron chi connectivity index (χ3n) is 2.91. The summed E-state index contributed by atoms with van der Waals surface area (Å²) < 4.78 is 0. The van der Waals surface area contributed by atoms with E-state index in [4.69, 9.17) is 0 Å². The summed E-state index contributed by atoms with van der Waals surface area (Å²) in [6.45, 7) is 14.6. The monoisotopic (exact) mass is 269 g/mol. The zero-order valence-electron chi connectivity index (χ0n) is 11.8. The zero-order valence-corrected chi connectivity index (χ0v) is 13.6. The van der Waals surface area contributed by atoms with Gasteiger partial charge in [-0.1, -0.05) is 19.6 Å². The van der Waals surface area contributed by atoms with E-state index < -0.39 is 8.07 Å². The van der Waals surface area contributed by atoms with Crippen molar-refractivity contribution in [2.75, 3.05) is 13.1 Å². The fraction of sp³-hybridized carbons (Fsp3) is 0.615. The summed E-state index contributed by atoms with van der Waals surface area (Å²) in [5, 5.41) is 1.32. The number of nitrogens with zero attached hydrogens (tertiary/aromatic N) is 1. The first-order valence-corrected chi connectivity index (χ1v) is 10.5. The molecule has 0 spiro atoms. The molecule has 1 heterocycles. The van der Waals surface area contributed by atoms with Crippen molar-refractivity contribution in [3.8, 4) is 0 Å². The Morgan fingerprint density at radius 1 is 1.29 bits per heavy atom. The van der Waals surface area contributed by atoms with Crippen molar-refractivity contribution in [2.45, 2.75) is 40.4 Å². The van der Waals surface area contributed by atoms with E-state index in [0.717, 1.165) is 18.0 Å². The van der Waals surface area contributed by atoms with E-state index in [1.165, 1.54) is 10.1 Å². The highest BCUT2D eigenvalue weighted by Gasteiger charge is 2.27. The Balaban J connectivity index is 3.18. The minimum absolute atomic E-state index is 0.213. The zero-order chi connectivity index (χ0) is 13.2. The largest absolute Gasteiger partial charge is 0.339 e. The van der Waals surface area contributed by atoms with Crippen LogP contribution >= 0.6 is 11.3 Å². The molecule has 0 radical (unpaired) electrons. The van der Waals surface area contributed by atoms with Gasteiger partial charge in [0.1, 0.15) is 0 Å². The molecule has 2 nitrogen and oxygen atoms in total. The number of aryl methyl sites for hydroxylation is 1. The minimum atomic E-state index is -1.43. The van der Waals surface area contributed by atoms with Gasteiger partial charge in [-0.05, 0) is 32.0 Å². The van der Waals surface area contributed by atoms with E-state index in [0.29, 0.717) is 0 Å². The number of thiophene rings is 1. The van der Waals surface area contributed by atoms with Gasteiger partial charge in [0.15, 0.2) is 0 Å². The fourth-order valence-corrected chi connectivity index (χ4v) is 5.38. The summed E-state index contributed by atoms with van der Waals surface area (Å²) in [6, 6.07) is 2.22. The first kappa shape index (κ1) is 14.4. The number of rotatable bonds is 4. The molecule has 1 aromatic rings. The van der Waals surface area contributed by atoms with Gasteiger partial charge in [0, 0.05) is 18.0 Å². The molecule has 0 aromatic carbocycles. The topological polar surface area (TPSA) is 20.3 Å². The average Bonchev–Trinajstić information content (AvgIpc) is 2.61. The molecule has 1 amide bonds. The Kier molecular flexibility index (Phi) is 4.55. The number of amides is 1. The van der Waals surface area contributed by atoms with Crippen LogP contribution in [0.4, 0.5) is 0 Å². The number of carbonyl (C=O) groups excluding carboxylic acids is 1. The quantitative estimate of drug-likeness (QED) is 0.769. The van der Waals surface area contributed by atoms with Crippen molar-refractivity contribution >= 4 is 30.5 Å². The predicted molar refractivity (Wildman–Crippen MR) is 79.3 cm³/mol. The Morgan fingerprint density at radius 3 is 2.24 bits per heavy atom. The van der Waals surface area contributed by atoms with Gasteiger partial charge in [-0.15, -0.1) is 11.3 Å². The van der Waals surface area contributed by atoms with Crippen LogP contribution in [0.2, 0.25) is 19.6 Å². The molecule has 96 valence electrons. The lowest BCUT2D eigenvalue weighted by Gasteiger charge is -2.22. The molecule has 0 aliphatic rings. The third kappa shape index (κ3) is 3.19. The smallest absolute Gasteiger partial charge is 0.263 e. The number of hydrogen-bond donors (Lipinski definition) is 0. The predicted octanol–water partition coefficient (Wildman–Crippen LogP) is 3.08. The van der Waals surface area contributed by atoms with E-state index in [-0.39, 0.29) is 5.91 Å². The van der Waals surface area contributed by atoms with Crippen LogP contribution in [0.3, 0.4) is 0 Å². The second-order valence-electron chi connectivity index (χ2n) is 5.33. The summed E-state index contributed by atoms with van der Waals surface area (Å²) in [6.07, 6.45) is 0.